The summed E-state index contributed by atoms with van der Waals surface area (Å²) in [5, 5.41) is -0.00213. The lowest BCUT2D eigenvalue weighted by Crippen LogP contribution is -2.15. The van der Waals surface area contributed by atoms with Gasteiger partial charge in [-0.15, -0.1) is 0 Å². The third-order valence-electron chi connectivity index (χ3n) is 1.49. The predicted molar refractivity (Wildman–Crippen MR) is 44.3 cm³/mol. The van der Waals surface area contributed by atoms with Gasteiger partial charge in [0.15, 0.2) is 11.6 Å². The highest BCUT2D eigenvalue weighted by Gasteiger charge is 2.13. The molecule has 0 aliphatic rings. The molecule has 0 radical (unpaired) electrons. The summed E-state index contributed by atoms with van der Waals surface area (Å²) in [6.07, 6.45) is -0.400. The molecule has 0 heterocycles. The van der Waals surface area contributed by atoms with E-state index in [1.807, 2.05) is 0 Å². The molecule has 5 heteroatoms. The van der Waals surface area contributed by atoms with Gasteiger partial charge in [-0.05, 0) is 12.1 Å². The van der Waals surface area contributed by atoms with E-state index in [9.17, 15) is 13.6 Å². The highest BCUT2D eigenvalue weighted by molar-refractivity contribution is 6.31. The van der Waals surface area contributed by atoms with Crippen LogP contribution in [0.5, 0.6) is 0 Å². The maximum absolute atomic E-state index is 13.0. The van der Waals surface area contributed by atoms with Gasteiger partial charge in [-0.3, -0.25) is 4.79 Å². The number of carbonyl (C=O) groups is 1. The van der Waals surface area contributed by atoms with Crippen molar-refractivity contribution in [2.24, 2.45) is 5.73 Å². The second-order valence-electron chi connectivity index (χ2n) is 2.46. The standard InChI is InChI=1S/C8H6ClF2NO/c9-5-1-2-6(10)8(11)4(5)3-7(12)13/h1-2H,3H2,(H2,12,13). The zero-order chi connectivity index (χ0) is 10.0. The Bertz CT molecular complexity index is 354. The average Bonchev–Trinajstić information content (AvgIpc) is 2.05. The van der Waals surface area contributed by atoms with Crippen molar-refractivity contribution in [2.45, 2.75) is 6.42 Å². The first-order valence-corrected chi connectivity index (χ1v) is 3.81. The van der Waals surface area contributed by atoms with Crippen LogP contribution in [0.3, 0.4) is 0 Å². The van der Waals surface area contributed by atoms with E-state index >= 15 is 0 Å². The minimum Gasteiger partial charge on any atom is -0.369 e. The Kier molecular flexibility index (Phi) is 2.83. The highest BCUT2D eigenvalue weighted by atomic mass is 35.5. The zero-order valence-electron chi connectivity index (χ0n) is 6.48. The predicted octanol–water partition coefficient (Wildman–Crippen LogP) is 1.65. The van der Waals surface area contributed by atoms with E-state index in [0.717, 1.165) is 6.07 Å². The maximum Gasteiger partial charge on any atom is 0.222 e. The first-order valence-electron chi connectivity index (χ1n) is 3.43. The Morgan fingerprint density at radius 2 is 2.08 bits per heavy atom. The van der Waals surface area contributed by atoms with Gasteiger partial charge in [-0.25, -0.2) is 8.78 Å². The molecule has 13 heavy (non-hydrogen) atoms. The molecule has 2 N–H and O–H groups in total. The Morgan fingerprint density at radius 3 is 2.62 bits per heavy atom. The molecular formula is C8H6ClF2NO. The van der Waals surface area contributed by atoms with Gasteiger partial charge in [0, 0.05) is 10.6 Å². The van der Waals surface area contributed by atoms with Crippen molar-refractivity contribution >= 4 is 17.5 Å². The lowest BCUT2D eigenvalue weighted by atomic mass is 10.1. The molecule has 1 rings (SSSR count). The van der Waals surface area contributed by atoms with Crippen LogP contribution in [-0.2, 0) is 11.2 Å². The van der Waals surface area contributed by atoms with Crippen LogP contribution in [0.2, 0.25) is 5.02 Å². The topological polar surface area (TPSA) is 43.1 Å². The smallest absolute Gasteiger partial charge is 0.222 e. The van der Waals surface area contributed by atoms with Gasteiger partial charge in [0.25, 0.3) is 0 Å². The van der Waals surface area contributed by atoms with Crippen LogP contribution in [0.1, 0.15) is 5.56 Å². The molecule has 0 atom stereocenters. The minimum absolute atomic E-state index is 0.00213. The van der Waals surface area contributed by atoms with E-state index < -0.39 is 24.0 Å². The molecule has 0 aromatic heterocycles. The first-order chi connectivity index (χ1) is 6.02. The van der Waals surface area contributed by atoms with Gasteiger partial charge in [0.05, 0.1) is 6.42 Å². The summed E-state index contributed by atoms with van der Waals surface area (Å²) in [6.45, 7) is 0. The molecule has 0 unspecified atom stereocenters. The van der Waals surface area contributed by atoms with Crippen molar-refractivity contribution in [3.05, 3.63) is 34.4 Å². The lowest BCUT2D eigenvalue weighted by molar-refractivity contribution is -0.117. The zero-order valence-corrected chi connectivity index (χ0v) is 7.24. The molecular weight excluding hydrogens is 200 g/mol. The number of rotatable bonds is 2. The van der Waals surface area contributed by atoms with E-state index in [2.05, 4.69) is 0 Å². The molecule has 0 saturated heterocycles. The van der Waals surface area contributed by atoms with Gasteiger partial charge >= 0.3 is 0 Å². The number of hydrogen-bond donors (Lipinski definition) is 1. The van der Waals surface area contributed by atoms with Crippen molar-refractivity contribution in [3.8, 4) is 0 Å². The summed E-state index contributed by atoms with van der Waals surface area (Å²) in [5.74, 6) is -2.92. The van der Waals surface area contributed by atoms with Gasteiger partial charge < -0.3 is 5.73 Å². The van der Waals surface area contributed by atoms with Gasteiger partial charge in [-0.2, -0.15) is 0 Å². The van der Waals surface area contributed by atoms with Crippen LogP contribution < -0.4 is 5.73 Å². The first kappa shape index (κ1) is 9.92. The summed E-state index contributed by atoms with van der Waals surface area (Å²) >= 11 is 5.53. The molecule has 1 aromatic carbocycles. The van der Waals surface area contributed by atoms with E-state index in [1.165, 1.54) is 6.07 Å². The number of primary amides is 1. The molecule has 0 aliphatic carbocycles. The number of carbonyl (C=O) groups excluding carboxylic acids is 1. The number of nitrogens with two attached hydrogens (primary N) is 1. The number of amides is 1. The summed E-state index contributed by atoms with van der Waals surface area (Å²) < 4.78 is 25.6. The highest BCUT2D eigenvalue weighted by Crippen LogP contribution is 2.21. The summed E-state index contributed by atoms with van der Waals surface area (Å²) in [4.78, 5) is 10.5. The molecule has 1 aromatic rings. The van der Waals surface area contributed by atoms with E-state index in [-0.39, 0.29) is 10.6 Å². The van der Waals surface area contributed by atoms with Crippen molar-refractivity contribution in [1.29, 1.82) is 0 Å². The average molecular weight is 206 g/mol. The SMILES string of the molecule is NC(=O)Cc1c(Cl)ccc(F)c1F. The van der Waals surface area contributed by atoms with Crippen LogP contribution in [0.25, 0.3) is 0 Å². The van der Waals surface area contributed by atoms with Crippen LogP contribution in [0.15, 0.2) is 12.1 Å². The van der Waals surface area contributed by atoms with E-state index in [4.69, 9.17) is 17.3 Å². The van der Waals surface area contributed by atoms with E-state index in [1.54, 1.807) is 0 Å². The molecule has 0 fully saturated rings. The minimum atomic E-state index is -1.12. The molecule has 0 bridgehead atoms. The maximum atomic E-state index is 13.0. The van der Waals surface area contributed by atoms with Crippen LogP contribution in [-0.4, -0.2) is 5.91 Å². The van der Waals surface area contributed by atoms with Gasteiger partial charge in [0.2, 0.25) is 5.91 Å². The number of hydrogen-bond acceptors (Lipinski definition) is 1. The van der Waals surface area contributed by atoms with Crippen LogP contribution >= 0.6 is 11.6 Å². The summed E-state index contributed by atoms with van der Waals surface area (Å²) in [7, 11) is 0. The van der Waals surface area contributed by atoms with E-state index in [0.29, 0.717) is 0 Å². The van der Waals surface area contributed by atoms with Crippen LogP contribution in [0, 0.1) is 11.6 Å². The number of benzene rings is 1. The Labute approximate surface area is 78.3 Å². The van der Waals surface area contributed by atoms with Crippen molar-refractivity contribution in [2.75, 3.05) is 0 Å². The lowest BCUT2D eigenvalue weighted by Gasteiger charge is -2.03. The number of halogens is 3. The second kappa shape index (κ2) is 3.70. The fourth-order valence-electron chi connectivity index (χ4n) is 0.905. The monoisotopic (exact) mass is 205 g/mol. The molecule has 0 saturated carbocycles. The normalized spacial score (nSPS) is 10.1. The van der Waals surface area contributed by atoms with Gasteiger partial charge in [0.1, 0.15) is 0 Å². The summed E-state index contributed by atoms with van der Waals surface area (Å²) in [6, 6.07) is 2.07. The van der Waals surface area contributed by atoms with Crippen molar-refractivity contribution in [1.82, 2.24) is 0 Å². The third-order valence-corrected chi connectivity index (χ3v) is 1.84. The Hall–Kier alpha value is -1.16. The quantitative estimate of drug-likeness (QED) is 0.733. The van der Waals surface area contributed by atoms with Crippen molar-refractivity contribution in [3.63, 3.8) is 0 Å². The Balaban J connectivity index is 3.17. The van der Waals surface area contributed by atoms with Crippen LogP contribution in [0.4, 0.5) is 8.78 Å². The van der Waals surface area contributed by atoms with Gasteiger partial charge in [-0.1, -0.05) is 11.6 Å². The summed E-state index contributed by atoms with van der Waals surface area (Å²) in [5.41, 5.74) is 4.63. The fourth-order valence-corrected chi connectivity index (χ4v) is 1.12. The van der Waals surface area contributed by atoms with Crippen molar-refractivity contribution < 1.29 is 13.6 Å². The molecule has 2 nitrogen and oxygen atoms in total. The Morgan fingerprint density at radius 1 is 1.46 bits per heavy atom. The third kappa shape index (κ3) is 2.15. The molecule has 0 aliphatic heterocycles. The largest absolute Gasteiger partial charge is 0.369 e. The molecule has 1 amide bonds. The second-order valence-corrected chi connectivity index (χ2v) is 2.87. The molecule has 70 valence electrons. The molecule has 0 spiro atoms. The fraction of sp³-hybridized carbons (Fsp3) is 0.125.